The number of hydrogen-bond acceptors (Lipinski definition) is 5. The van der Waals surface area contributed by atoms with Crippen molar-refractivity contribution in [2.24, 2.45) is 0 Å². The summed E-state index contributed by atoms with van der Waals surface area (Å²) < 4.78 is 23.2. The SMILES string of the molecule is CC1CS(=O)(=O)CCN1Cc1sccc1C#CCCO. The quantitative estimate of drug-likeness (QED) is 0.849. The third-order valence-corrected chi connectivity index (χ3v) is 6.06. The third-order valence-electron chi connectivity index (χ3n) is 3.36. The summed E-state index contributed by atoms with van der Waals surface area (Å²) in [5.41, 5.74) is 0.990. The van der Waals surface area contributed by atoms with Gasteiger partial charge in [-0.25, -0.2) is 8.42 Å². The first kappa shape index (κ1) is 15.5. The molecular weight excluding hydrogens is 294 g/mol. The fraction of sp³-hybridized carbons (Fsp3) is 0.571. The molecule has 110 valence electrons. The molecule has 6 heteroatoms. The zero-order valence-corrected chi connectivity index (χ0v) is 13.1. The van der Waals surface area contributed by atoms with Crippen molar-refractivity contribution in [3.05, 3.63) is 21.9 Å². The van der Waals surface area contributed by atoms with Crippen LogP contribution in [-0.4, -0.2) is 49.1 Å². The maximum Gasteiger partial charge on any atom is 0.153 e. The molecule has 1 atom stereocenters. The van der Waals surface area contributed by atoms with Crippen LogP contribution in [0.2, 0.25) is 0 Å². The van der Waals surface area contributed by atoms with Crippen LogP contribution in [0.25, 0.3) is 0 Å². The Morgan fingerprint density at radius 1 is 1.55 bits per heavy atom. The van der Waals surface area contributed by atoms with Crippen molar-refractivity contribution >= 4 is 21.2 Å². The molecular formula is C14H19NO3S2. The molecule has 0 amide bonds. The average Bonchev–Trinajstić information content (AvgIpc) is 2.80. The molecule has 1 aromatic heterocycles. The highest BCUT2D eigenvalue weighted by Gasteiger charge is 2.28. The van der Waals surface area contributed by atoms with Crippen LogP contribution in [0.3, 0.4) is 0 Å². The Balaban J connectivity index is 2.04. The topological polar surface area (TPSA) is 57.6 Å². The van der Waals surface area contributed by atoms with E-state index in [-0.39, 0.29) is 24.2 Å². The zero-order valence-electron chi connectivity index (χ0n) is 11.5. The summed E-state index contributed by atoms with van der Waals surface area (Å²) in [7, 11) is -2.87. The molecule has 2 heterocycles. The van der Waals surface area contributed by atoms with Crippen LogP contribution in [0.4, 0.5) is 0 Å². The van der Waals surface area contributed by atoms with Gasteiger partial charge in [-0.3, -0.25) is 4.90 Å². The molecule has 1 fully saturated rings. The van der Waals surface area contributed by atoms with E-state index in [1.807, 2.05) is 18.4 Å². The minimum atomic E-state index is -2.87. The van der Waals surface area contributed by atoms with Gasteiger partial charge >= 0.3 is 0 Å². The molecule has 0 aliphatic carbocycles. The van der Waals surface area contributed by atoms with Gasteiger partial charge < -0.3 is 5.11 Å². The van der Waals surface area contributed by atoms with Crippen LogP contribution < -0.4 is 0 Å². The molecule has 0 saturated carbocycles. The van der Waals surface area contributed by atoms with Gasteiger partial charge in [-0.15, -0.1) is 11.3 Å². The van der Waals surface area contributed by atoms with Crippen LogP contribution in [0.15, 0.2) is 11.4 Å². The van der Waals surface area contributed by atoms with Crippen molar-refractivity contribution in [2.75, 3.05) is 24.7 Å². The van der Waals surface area contributed by atoms with E-state index in [2.05, 4.69) is 16.7 Å². The van der Waals surface area contributed by atoms with Crippen LogP contribution in [0, 0.1) is 11.8 Å². The van der Waals surface area contributed by atoms with E-state index in [0.29, 0.717) is 13.0 Å². The molecule has 1 N–H and O–H groups in total. The van der Waals surface area contributed by atoms with Gasteiger partial charge in [-0.2, -0.15) is 0 Å². The normalized spacial score (nSPS) is 22.2. The summed E-state index contributed by atoms with van der Waals surface area (Å²) in [6.45, 7) is 3.37. The Labute approximate surface area is 124 Å². The van der Waals surface area contributed by atoms with Crippen molar-refractivity contribution < 1.29 is 13.5 Å². The monoisotopic (exact) mass is 313 g/mol. The summed E-state index contributed by atoms with van der Waals surface area (Å²) in [6.07, 6.45) is 0.480. The predicted octanol–water partition coefficient (Wildman–Crippen LogP) is 1.10. The molecule has 1 saturated heterocycles. The van der Waals surface area contributed by atoms with Gasteiger partial charge in [0.2, 0.25) is 0 Å². The molecule has 0 bridgehead atoms. The fourth-order valence-electron chi connectivity index (χ4n) is 2.24. The highest BCUT2D eigenvalue weighted by Crippen LogP contribution is 2.21. The van der Waals surface area contributed by atoms with Gasteiger partial charge in [0, 0.05) is 36.0 Å². The Bertz CT molecular complexity index is 610. The molecule has 20 heavy (non-hydrogen) atoms. The van der Waals surface area contributed by atoms with Crippen LogP contribution in [0.5, 0.6) is 0 Å². The molecule has 1 aliphatic rings. The summed E-state index contributed by atoms with van der Waals surface area (Å²) in [5.74, 6) is 6.49. The highest BCUT2D eigenvalue weighted by molar-refractivity contribution is 7.91. The second kappa shape index (κ2) is 6.72. The third kappa shape index (κ3) is 4.06. The van der Waals surface area contributed by atoms with Gasteiger partial charge in [-0.05, 0) is 18.4 Å². The number of thiophene rings is 1. The maximum atomic E-state index is 11.6. The minimum absolute atomic E-state index is 0.0501. The summed E-state index contributed by atoms with van der Waals surface area (Å²) in [5, 5.41) is 10.7. The van der Waals surface area contributed by atoms with E-state index in [9.17, 15) is 8.42 Å². The Morgan fingerprint density at radius 3 is 3.05 bits per heavy atom. The van der Waals surface area contributed by atoms with Crippen molar-refractivity contribution in [1.82, 2.24) is 4.90 Å². The van der Waals surface area contributed by atoms with Gasteiger partial charge in [0.05, 0.1) is 18.1 Å². The van der Waals surface area contributed by atoms with Gasteiger partial charge in [0.15, 0.2) is 9.84 Å². The Morgan fingerprint density at radius 2 is 2.35 bits per heavy atom. The molecule has 0 radical (unpaired) electrons. The molecule has 1 aliphatic heterocycles. The molecule has 1 aromatic rings. The largest absolute Gasteiger partial charge is 0.395 e. The summed E-state index contributed by atoms with van der Waals surface area (Å²) in [4.78, 5) is 3.37. The first-order valence-electron chi connectivity index (χ1n) is 6.62. The molecule has 0 spiro atoms. The first-order chi connectivity index (χ1) is 9.52. The van der Waals surface area contributed by atoms with E-state index >= 15 is 0 Å². The van der Waals surface area contributed by atoms with E-state index < -0.39 is 9.84 Å². The first-order valence-corrected chi connectivity index (χ1v) is 9.32. The van der Waals surface area contributed by atoms with E-state index in [1.165, 1.54) is 4.88 Å². The lowest BCUT2D eigenvalue weighted by Gasteiger charge is -2.32. The lowest BCUT2D eigenvalue weighted by Crippen LogP contribution is -2.46. The molecule has 4 nitrogen and oxygen atoms in total. The number of aliphatic hydroxyl groups excluding tert-OH is 1. The van der Waals surface area contributed by atoms with Crippen molar-refractivity contribution in [2.45, 2.75) is 25.9 Å². The summed E-state index contributed by atoms with van der Waals surface area (Å²) in [6, 6.07) is 2.03. The van der Waals surface area contributed by atoms with Crippen molar-refractivity contribution in [1.29, 1.82) is 0 Å². The zero-order chi connectivity index (χ0) is 14.6. The van der Waals surface area contributed by atoms with Gasteiger partial charge in [-0.1, -0.05) is 11.8 Å². The van der Waals surface area contributed by atoms with Crippen molar-refractivity contribution in [3.63, 3.8) is 0 Å². The lowest BCUT2D eigenvalue weighted by molar-refractivity contribution is 0.220. The van der Waals surface area contributed by atoms with Gasteiger partial charge in [0.25, 0.3) is 0 Å². The number of nitrogens with zero attached hydrogens (tertiary/aromatic N) is 1. The smallest absolute Gasteiger partial charge is 0.153 e. The second-order valence-corrected chi connectivity index (χ2v) is 8.20. The fourth-order valence-corrected chi connectivity index (χ4v) is 4.72. The van der Waals surface area contributed by atoms with Crippen LogP contribution in [-0.2, 0) is 16.4 Å². The summed E-state index contributed by atoms with van der Waals surface area (Å²) >= 11 is 1.65. The maximum absolute atomic E-state index is 11.6. The van der Waals surface area contributed by atoms with E-state index in [4.69, 9.17) is 5.11 Å². The number of hydrogen-bond donors (Lipinski definition) is 1. The lowest BCUT2D eigenvalue weighted by atomic mass is 10.2. The van der Waals surface area contributed by atoms with E-state index in [1.54, 1.807) is 11.3 Å². The van der Waals surface area contributed by atoms with E-state index in [0.717, 1.165) is 12.1 Å². The number of aliphatic hydroxyl groups is 1. The minimum Gasteiger partial charge on any atom is -0.395 e. The Kier molecular flexibility index (Phi) is 5.22. The molecule has 0 aromatic carbocycles. The molecule has 2 rings (SSSR count). The highest BCUT2D eigenvalue weighted by atomic mass is 32.2. The predicted molar refractivity (Wildman–Crippen MR) is 81.4 cm³/mol. The van der Waals surface area contributed by atoms with Crippen LogP contribution in [0.1, 0.15) is 23.8 Å². The van der Waals surface area contributed by atoms with Gasteiger partial charge in [0.1, 0.15) is 0 Å². The number of rotatable bonds is 3. The standard InChI is InChI=1S/C14H19NO3S2/c1-12-11-20(17,18)9-6-15(12)10-14-13(5-8-19-14)4-2-3-7-16/h5,8,12,16H,3,6-7,9-11H2,1H3. The molecule has 1 unspecified atom stereocenters. The van der Waals surface area contributed by atoms with Crippen LogP contribution >= 0.6 is 11.3 Å². The Hall–Kier alpha value is -0.870. The van der Waals surface area contributed by atoms with Crippen molar-refractivity contribution in [3.8, 4) is 11.8 Å². The number of sulfone groups is 1. The second-order valence-electron chi connectivity index (χ2n) is 4.97. The average molecular weight is 313 g/mol.